The Bertz CT molecular complexity index is 1130. The predicted molar refractivity (Wildman–Crippen MR) is 139 cm³/mol. The monoisotopic (exact) mass is 490 g/mol. The van der Waals surface area contributed by atoms with Gasteiger partial charge in [0.15, 0.2) is 11.5 Å². The summed E-state index contributed by atoms with van der Waals surface area (Å²) in [6, 6.07) is 22.3. The summed E-state index contributed by atoms with van der Waals surface area (Å²) in [4.78, 5) is 27.8. The molecule has 0 radical (unpaired) electrons. The summed E-state index contributed by atoms with van der Waals surface area (Å²) < 4.78 is 15.9. The first-order valence-corrected chi connectivity index (χ1v) is 11.9. The minimum atomic E-state index is -0.655. The van der Waals surface area contributed by atoms with E-state index in [-0.39, 0.29) is 11.8 Å². The average Bonchev–Trinajstić information content (AvgIpc) is 2.91. The van der Waals surface area contributed by atoms with E-state index in [1.165, 1.54) is 6.92 Å². The van der Waals surface area contributed by atoms with Crippen molar-refractivity contribution < 1.29 is 23.8 Å². The van der Waals surface area contributed by atoms with Crippen LogP contribution in [0.3, 0.4) is 0 Å². The molecular formula is C29H34N2O5. The first-order chi connectivity index (χ1) is 17.4. The topological polar surface area (TPSA) is 77.1 Å². The summed E-state index contributed by atoms with van der Waals surface area (Å²) in [5, 5.41) is 3.03. The molecule has 3 aromatic rings. The SMILES string of the molecule is COc1ccc(CN(C(C)=O)[C@@H](Cc2ccccc2)C(=O)NCCc2ccc(OC)c(OC)c2)cc1. The second-order valence-electron chi connectivity index (χ2n) is 8.43. The van der Waals surface area contributed by atoms with Crippen LogP contribution in [-0.2, 0) is 29.0 Å². The highest BCUT2D eigenvalue weighted by Gasteiger charge is 2.28. The zero-order valence-electron chi connectivity index (χ0n) is 21.3. The summed E-state index contributed by atoms with van der Waals surface area (Å²) in [6.45, 7) is 2.24. The van der Waals surface area contributed by atoms with Crippen LogP contribution in [0.1, 0.15) is 23.6 Å². The maximum Gasteiger partial charge on any atom is 0.243 e. The summed E-state index contributed by atoms with van der Waals surface area (Å²) in [5.41, 5.74) is 2.91. The molecule has 0 aliphatic heterocycles. The van der Waals surface area contributed by atoms with Crippen molar-refractivity contribution in [2.45, 2.75) is 32.4 Å². The number of nitrogens with zero attached hydrogens (tertiary/aromatic N) is 1. The Morgan fingerprint density at radius 1 is 0.806 bits per heavy atom. The lowest BCUT2D eigenvalue weighted by molar-refractivity contribution is -0.139. The van der Waals surface area contributed by atoms with Crippen molar-refractivity contribution >= 4 is 11.8 Å². The van der Waals surface area contributed by atoms with Gasteiger partial charge < -0.3 is 24.4 Å². The third-order valence-corrected chi connectivity index (χ3v) is 6.03. The van der Waals surface area contributed by atoms with Gasteiger partial charge in [0, 0.05) is 26.4 Å². The van der Waals surface area contributed by atoms with Gasteiger partial charge in [-0.05, 0) is 47.4 Å². The van der Waals surface area contributed by atoms with Gasteiger partial charge in [-0.3, -0.25) is 9.59 Å². The van der Waals surface area contributed by atoms with Gasteiger partial charge >= 0.3 is 0 Å². The van der Waals surface area contributed by atoms with E-state index in [2.05, 4.69) is 5.32 Å². The smallest absolute Gasteiger partial charge is 0.243 e. The molecule has 0 saturated heterocycles. The summed E-state index contributed by atoms with van der Waals surface area (Å²) >= 11 is 0. The Labute approximate surface area is 213 Å². The van der Waals surface area contributed by atoms with E-state index in [1.54, 1.807) is 26.2 Å². The number of carbonyl (C=O) groups is 2. The molecule has 0 bridgehead atoms. The Hall–Kier alpha value is -4.00. The van der Waals surface area contributed by atoms with E-state index in [9.17, 15) is 9.59 Å². The molecule has 0 heterocycles. The molecule has 3 rings (SSSR count). The van der Waals surface area contributed by atoms with Crippen LogP contribution < -0.4 is 19.5 Å². The second-order valence-corrected chi connectivity index (χ2v) is 8.43. The molecule has 0 aromatic heterocycles. The maximum absolute atomic E-state index is 13.4. The molecule has 0 fully saturated rings. The van der Waals surface area contributed by atoms with Crippen molar-refractivity contribution in [1.82, 2.24) is 10.2 Å². The van der Waals surface area contributed by atoms with Crippen LogP contribution in [0.2, 0.25) is 0 Å². The van der Waals surface area contributed by atoms with Crippen molar-refractivity contribution in [3.63, 3.8) is 0 Å². The molecule has 1 atom stereocenters. The van der Waals surface area contributed by atoms with Crippen LogP contribution in [0.5, 0.6) is 17.2 Å². The lowest BCUT2D eigenvalue weighted by Crippen LogP contribution is -2.50. The molecule has 190 valence electrons. The van der Waals surface area contributed by atoms with Crippen molar-refractivity contribution in [2.75, 3.05) is 27.9 Å². The third-order valence-electron chi connectivity index (χ3n) is 6.03. The average molecular weight is 491 g/mol. The molecule has 0 aliphatic carbocycles. The second kappa shape index (κ2) is 13.2. The van der Waals surface area contributed by atoms with Gasteiger partial charge in [-0.2, -0.15) is 0 Å². The largest absolute Gasteiger partial charge is 0.497 e. The van der Waals surface area contributed by atoms with Crippen LogP contribution >= 0.6 is 0 Å². The standard InChI is InChI=1S/C29H34N2O5/c1-21(32)31(20-24-10-13-25(34-2)14-11-24)26(18-22-8-6-5-7-9-22)29(33)30-17-16-23-12-15-27(35-3)28(19-23)36-4/h5-15,19,26H,16-18,20H2,1-4H3,(H,30,33)/t26-/m0/s1. The van der Waals surface area contributed by atoms with E-state index in [4.69, 9.17) is 14.2 Å². The number of ether oxygens (including phenoxy) is 3. The number of hydrogen-bond acceptors (Lipinski definition) is 5. The van der Waals surface area contributed by atoms with Crippen molar-refractivity contribution in [3.8, 4) is 17.2 Å². The summed E-state index contributed by atoms with van der Waals surface area (Å²) in [7, 11) is 4.80. The minimum absolute atomic E-state index is 0.165. The third kappa shape index (κ3) is 7.25. The highest BCUT2D eigenvalue weighted by atomic mass is 16.5. The number of methoxy groups -OCH3 is 3. The van der Waals surface area contributed by atoms with Crippen molar-refractivity contribution in [1.29, 1.82) is 0 Å². The van der Waals surface area contributed by atoms with Crippen molar-refractivity contribution in [3.05, 3.63) is 89.5 Å². The number of benzene rings is 3. The molecule has 2 amide bonds. The molecule has 0 saturated carbocycles. The molecular weight excluding hydrogens is 456 g/mol. The lowest BCUT2D eigenvalue weighted by Gasteiger charge is -2.30. The Balaban J connectivity index is 1.75. The van der Waals surface area contributed by atoms with Crippen LogP contribution in [0, 0.1) is 0 Å². The molecule has 0 unspecified atom stereocenters. The molecule has 0 aliphatic rings. The Kier molecular flexibility index (Phi) is 9.74. The summed E-state index contributed by atoms with van der Waals surface area (Å²) in [6.07, 6.45) is 1.03. The van der Waals surface area contributed by atoms with Crippen LogP contribution in [0.15, 0.2) is 72.8 Å². The molecule has 3 aromatic carbocycles. The fourth-order valence-electron chi connectivity index (χ4n) is 4.03. The Morgan fingerprint density at radius 2 is 1.47 bits per heavy atom. The fraction of sp³-hybridized carbons (Fsp3) is 0.310. The molecule has 0 spiro atoms. The first-order valence-electron chi connectivity index (χ1n) is 11.9. The normalized spacial score (nSPS) is 11.3. The zero-order valence-corrected chi connectivity index (χ0v) is 21.3. The van der Waals surface area contributed by atoms with E-state index < -0.39 is 6.04 Å². The van der Waals surface area contributed by atoms with Gasteiger partial charge in [0.05, 0.1) is 21.3 Å². The predicted octanol–water partition coefficient (Wildman–Crippen LogP) is 4.03. The highest BCUT2D eigenvalue weighted by molar-refractivity contribution is 5.87. The van der Waals surface area contributed by atoms with E-state index in [1.807, 2.05) is 72.8 Å². The molecule has 7 heteroatoms. The van der Waals surface area contributed by atoms with Crippen LogP contribution in [0.25, 0.3) is 0 Å². The quantitative estimate of drug-likeness (QED) is 0.415. The fourth-order valence-corrected chi connectivity index (χ4v) is 4.03. The van der Waals surface area contributed by atoms with Gasteiger partial charge in [-0.15, -0.1) is 0 Å². The van der Waals surface area contributed by atoms with E-state index in [0.29, 0.717) is 37.4 Å². The number of rotatable bonds is 12. The Morgan fingerprint density at radius 3 is 2.08 bits per heavy atom. The van der Waals surface area contributed by atoms with E-state index >= 15 is 0 Å². The van der Waals surface area contributed by atoms with Gasteiger partial charge in [-0.25, -0.2) is 0 Å². The highest BCUT2D eigenvalue weighted by Crippen LogP contribution is 2.27. The van der Waals surface area contributed by atoms with Gasteiger partial charge in [0.25, 0.3) is 0 Å². The number of nitrogens with one attached hydrogen (secondary N) is 1. The van der Waals surface area contributed by atoms with E-state index in [0.717, 1.165) is 22.4 Å². The minimum Gasteiger partial charge on any atom is -0.497 e. The van der Waals surface area contributed by atoms with Gasteiger partial charge in [0.1, 0.15) is 11.8 Å². The van der Waals surface area contributed by atoms with Crippen LogP contribution in [-0.4, -0.2) is 50.6 Å². The van der Waals surface area contributed by atoms with Crippen molar-refractivity contribution in [2.24, 2.45) is 0 Å². The summed E-state index contributed by atoms with van der Waals surface area (Å²) in [5.74, 6) is 1.68. The van der Waals surface area contributed by atoms with Crippen LogP contribution in [0.4, 0.5) is 0 Å². The molecule has 36 heavy (non-hydrogen) atoms. The first kappa shape index (κ1) is 26.6. The van der Waals surface area contributed by atoms with Gasteiger partial charge in [-0.1, -0.05) is 48.5 Å². The lowest BCUT2D eigenvalue weighted by atomic mass is 10.0. The van der Waals surface area contributed by atoms with Gasteiger partial charge in [0.2, 0.25) is 11.8 Å². The molecule has 1 N–H and O–H groups in total. The molecule has 7 nitrogen and oxygen atoms in total. The maximum atomic E-state index is 13.4. The zero-order chi connectivity index (χ0) is 25.9. The number of carbonyl (C=O) groups excluding carboxylic acids is 2. The number of amides is 2. The number of hydrogen-bond donors (Lipinski definition) is 1.